The van der Waals surface area contributed by atoms with Crippen molar-refractivity contribution in [1.82, 2.24) is 19.5 Å². The highest BCUT2D eigenvalue weighted by atomic mass is 16.3. The van der Waals surface area contributed by atoms with Crippen LogP contribution in [0.5, 0.6) is 0 Å². The molecule has 10 aromatic carbocycles. The Bertz CT molecular complexity index is 3940. The molecule has 0 radical (unpaired) electrons. The van der Waals surface area contributed by atoms with Gasteiger partial charge in [0.05, 0.1) is 11.0 Å². The molecule has 5 nitrogen and oxygen atoms in total. The monoisotopic (exact) mass is 868 g/mol. The predicted molar refractivity (Wildman–Crippen MR) is 279 cm³/mol. The second kappa shape index (κ2) is 16.4. The predicted octanol–water partition coefficient (Wildman–Crippen LogP) is 16.5. The van der Waals surface area contributed by atoms with E-state index < -0.39 is 0 Å². The van der Waals surface area contributed by atoms with Crippen molar-refractivity contribution < 1.29 is 4.42 Å². The zero-order chi connectivity index (χ0) is 45.0. The topological polar surface area (TPSA) is 56.7 Å². The molecule has 0 aliphatic carbocycles. The van der Waals surface area contributed by atoms with E-state index in [1.54, 1.807) is 0 Å². The van der Waals surface area contributed by atoms with Gasteiger partial charge in [0.1, 0.15) is 11.2 Å². The summed E-state index contributed by atoms with van der Waals surface area (Å²) in [5.74, 6) is 1.79. The Morgan fingerprint density at radius 1 is 0.279 bits per heavy atom. The molecule has 0 aliphatic rings. The molecule has 68 heavy (non-hydrogen) atoms. The van der Waals surface area contributed by atoms with Gasteiger partial charge in [0.15, 0.2) is 17.5 Å². The van der Waals surface area contributed by atoms with E-state index in [1.807, 2.05) is 36.4 Å². The lowest BCUT2D eigenvalue weighted by Crippen LogP contribution is -2.01. The van der Waals surface area contributed by atoms with Crippen molar-refractivity contribution in [3.05, 3.63) is 243 Å². The molecule has 3 heterocycles. The van der Waals surface area contributed by atoms with Gasteiger partial charge in [-0.1, -0.05) is 194 Å². The molecule has 13 aromatic rings. The summed E-state index contributed by atoms with van der Waals surface area (Å²) in [6, 6.07) is 85.2. The lowest BCUT2D eigenvalue weighted by atomic mass is 9.89. The minimum absolute atomic E-state index is 0.579. The molecule has 0 fully saturated rings. The Labute approximate surface area is 392 Å². The van der Waals surface area contributed by atoms with Crippen LogP contribution in [0.15, 0.2) is 247 Å². The zero-order valence-electron chi connectivity index (χ0n) is 36.8. The summed E-state index contributed by atoms with van der Waals surface area (Å²) in [7, 11) is 0. The third kappa shape index (κ3) is 6.76. The molecule has 13 rings (SSSR count). The molecular weight excluding hydrogens is 829 g/mol. The van der Waals surface area contributed by atoms with Gasteiger partial charge in [-0.15, -0.1) is 0 Å². The highest BCUT2D eigenvalue weighted by molar-refractivity contribution is 6.20. The first-order chi connectivity index (χ1) is 33.7. The van der Waals surface area contributed by atoms with Crippen molar-refractivity contribution >= 4 is 43.7 Å². The Balaban J connectivity index is 1.08. The molecule has 3 aromatic heterocycles. The van der Waals surface area contributed by atoms with E-state index in [0.717, 1.165) is 94.1 Å². The molecule has 0 N–H and O–H groups in total. The first-order valence-electron chi connectivity index (χ1n) is 22.9. The zero-order valence-corrected chi connectivity index (χ0v) is 36.8. The standard InChI is InChI=1S/C63H40N4O/c1-6-19-41(20-7-1)48-35-33-45(37-52(48)42-21-8-2-9-22-42)46-34-36-49(54(38-46)63-65-61(43-23-10-3-11-24-43)64-62(66-63)44-25-12-4-13-26-44)51-30-18-32-58-60(51)55-39-57-53(40-59(55)68-58)50-29-16-17-31-56(50)67(57)47-27-14-5-15-28-47/h1-40H. The summed E-state index contributed by atoms with van der Waals surface area (Å²) in [6.07, 6.45) is 0. The van der Waals surface area contributed by atoms with Crippen LogP contribution in [0.3, 0.4) is 0 Å². The number of fused-ring (bicyclic) bond motifs is 6. The summed E-state index contributed by atoms with van der Waals surface area (Å²) in [4.78, 5) is 15.8. The fraction of sp³-hybridized carbons (Fsp3) is 0. The summed E-state index contributed by atoms with van der Waals surface area (Å²) < 4.78 is 9.19. The molecule has 0 bridgehead atoms. The van der Waals surface area contributed by atoms with Crippen LogP contribution in [0.25, 0.3) is 128 Å². The minimum Gasteiger partial charge on any atom is -0.456 e. The van der Waals surface area contributed by atoms with E-state index in [0.29, 0.717) is 17.5 Å². The van der Waals surface area contributed by atoms with E-state index in [1.165, 1.54) is 16.5 Å². The van der Waals surface area contributed by atoms with E-state index in [-0.39, 0.29) is 0 Å². The molecular formula is C63H40N4O. The van der Waals surface area contributed by atoms with Crippen molar-refractivity contribution in [3.8, 4) is 84.4 Å². The number of hydrogen-bond donors (Lipinski definition) is 0. The normalized spacial score (nSPS) is 11.5. The maximum Gasteiger partial charge on any atom is 0.164 e. The molecule has 0 atom stereocenters. The first-order valence-corrected chi connectivity index (χ1v) is 22.9. The number of furan rings is 1. The second-order valence-electron chi connectivity index (χ2n) is 17.1. The number of nitrogens with zero attached hydrogens (tertiary/aromatic N) is 4. The first kappa shape index (κ1) is 39.2. The van der Waals surface area contributed by atoms with Crippen LogP contribution in [0, 0.1) is 0 Å². The van der Waals surface area contributed by atoms with Crippen molar-refractivity contribution in [2.75, 3.05) is 0 Å². The maximum atomic E-state index is 6.83. The average molecular weight is 869 g/mol. The molecule has 0 unspecified atom stereocenters. The van der Waals surface area contributed by atoms with Crippen LogP contribution in [-0.2, 0) is 0 Å². The van der Waals surface area contributed by atoms with E-state index in [2.05, 4.69) is 211 Å². The van der Waals surface area contributed by atoms with Gasteiger partial charge in [0.2, 0.25) is 0 Å². The third-order valence-electron chi connectivity index (χ3n) is 13.1. The van der Waals surface area contributed by atoms with Crippen LogP contribution >= 0.6 is 0 Å². The van der Waals surface area contributed by atoms with Crippen LogP contribution in [0.4, 0.5) is 0 Å². The maximum absolute atomic E-state index is 6.83. The van der Waals surface area contributed by atoms with Crippen molar-refractivity contribution in [3.63, 3.8) is 0 Å². The van der Waals surface area contributed by atoms with Crippen LogP contribution < -0.4 is 0 Å². The average Bonchev–Trinajstić information content (AvgIpc) is 3.95. The van der Waals surface area contributed by atoms with E-state index >= 15 is 0 Å². The van der Waals surface area contributed by atoms with Gasteiger partial charge >= 0.3 is 0 Å². The Kier molecular flexibility index (Phi) is 9.43. The smallest absolute Gasteiger partial charge is 0.164 e. The Hall–Kier alpha value is -9.19. The third-order valence-corrected chi connectivity index (χ3v) is 13.1. The lowest BCUT2D eigenvalue weighted by molar-refractivity contribution is 0.669. The van der Waals surface area contributed by atoms with Crippen molar-refractivity contribution in [2.45, 2.75) is 0 Å². The molecule has 0 saturated heterocycles. The fourth-order valence-corrected chi connectivity index (χ4v) is 9.89. The van der Waals surface area contributed by atoms with Gasteiger partial charge < -0.3 is 8.98 Å². The van der Waals surface area contributed by atoms with Crippen LogP contribution in [0.2, 0.25) is 0 Å². The summed E-state index contributed by atoms with van der Waals surface area (Å²) in [6.45, 7) is 0. The van der Waals surface area contributed by atoms with Gasteiger partial charge in [0.25, 0.3) is 0 Å². The highest BCUT2D eigenvalue weighted by Crippen LogP contribution is 2.45. The Morgan fingerprint density at radius 2 is 0.809 bits per heavy atom. The van der Waals surface area contributed by atoms with E-state index in [9.17, 15) is 0 Å². The Morgan fingerprint density at radius 3 is 1.46 bits per heavy atom. The number of para-hydroxylation sites is 2. The van der Waals surface area contributed by atoms with Crippen LogP contribution in [-0.4, -0.2) is 19.5 Å². The summed E-state index contributed by atoms with van der Waals surface area (Å²) in [5.41, 5.74) is 16.5. The number of rotatable bonds is 8. The molecule has 0 saturated carbocycles. The molecule has 0 amide bonds. The van der Waals surface area contributed by atoms with Gasteiger partial charge in [0, 0.05) is 43.9 Å². The van der Waals surface area contributed by atoms with E-state index in [4.69, 9.17) is 19.4 Å². The number of aromatic nitrogens is 4. The fourth-order valence-electron chi connectivity index (χ4n) is 9.89. The van der Waals surface area contributed by atoms with Gasteiger partial charge in [-0.05, 0) is 93.0 Å². The highest BCUT2D eigenvalue weighted by Gasteiger charge is 2.23. The molecule has 0 aliphatic heterocycles. The lowest BCUT2D eigenvalue weighted by Gasteiger charge is -2.16. The van der Waals surface area contributed by atoms with Crippen molar-refractivity contribution in [1.29, 1.82) is 0 Å². The summed E-state index contributed by atoms with van der Waals surface area (Å²) in [5, 5.41) is 4.38. The van der Waals surface area contributed by atoms with Gasteiger partial charge in [-0.2, -0.15) is 0 Å². The minimum atomic E-state index is 0.579. The van der Waals surface area contributed by atoms with Crippen molar-refractivity contribution in [2.24, 2.45) is 0 Å². The second-order valence-corrected chi connectivity index (χ2v) is 17.1. The molecule has 318 valence electrons. The largest absolute Gasteiger partial charge is 0.456 e. The molecule has 0 spiro atoms. The van der Waals surface area contributed by atoms with Crippen LogP contribution in [0.1, 0.15) is 0 Å². The quantitative estimate of drug-likeness (QED) is 0.153. The SMILES string of the molecule is c1ccc(-c2nc(-c3ccccc3)nc(-c3cc(-c4ccc(-c5ccccc5)c(-c5ccccc5)c4)ccc3-c3cccc4oc5cc6c7ccccc7n(-c7ccccc7)c6cc5c34)n2)cc1. The summed E-state index contributed by atoms with van der Waals surface area (Å²) >= 11 is 0. The molecule has 5 heteroatoms. The van der Waals surface area contributed by atoms with Gasteiger partial charge in [-0.3, -0.25) is 0 Å². The number of hydrogen-bond acceptors (Lipinski definition) is 4. The van der Waals surface area contributed by atoms with Gasteiger partial charge in [-0.25, -0.2) is 15.0 Å². The number of benzene rings is 10.